The van der Waals surface area contributed by atoms with E-state index in [1.807, 2.05) is 0 Å². The molecule has 0 bridgehead atoms. The van der Waals surface area contributed by atoms with Crippen LogP contribution in [0, 0.1) is 25.5 Å². The van der Waals surface area contributed by atoms with Crippen LogP contribution in [0.4, 0.5) is 8.78 Å². The van der Waals surface area contributed by atoms with Gasteiger partial charge in [0, 0.05) is 17.3 Å². The predicted octanol–water partition coefficient (Wildman–Crippen LogP) is 3.37. The molecule has 6 heteroatoms. The summed E-state index contributed by atoms with van der Waals surface area (Å²) < 4.78 is 31.0. The van der Waals surface area contributed by atoms with Gasteiger partial charge in [0.25, 0.3) is 0 Å². The van der Waals surface area contributed by atoms with Crippen molar-refractivity contribution >= 4 is 11.6 Å². The number of ether oxygens (including phenoxy) is 1. The molecule has 0 saturated carbocycles. The highest BCUT2D eigenvalue weighted by atomic mass is 19.2. The Kier molecular flexibility index (Phi) is 4.40. The molecular weight excluding hydrogens is 292 g/mol. The molecule has 0 atom stereocenters. The van der Waals surface area contributed by atoms with E-state index >= 15 is 0 Å². The fourth-order valence-corrected chi connectivity index (χ4v) is 2.34. The fraction of sp³-hybridized carbons (Fsp3) is 0.250. The number of halogens is 2. The molecule has 0 aliphatic heterocycles. The molecule has 0 aliphatic carbocycles. The second kappa shape index (κ2) is 6.09. The Labute approximate surface area is 126 Å². The molecule has 2 aromatic rings. The molecule has 4 nitrogen and oxygen atoms in total. The number of ketones is 2. The van der Waals surface area contributed by atoms with Gasteiger partial charge in [-0.25, -0.2) is 8.78 Å². The number of nitrogens with one attached hydrogen (secondary N) is 1. The molecule has 22 heavy (non-hydrogen) atoms. The van der Waals surface area contributed by atoms with Gasteiger partial charge in [0.15, 0.2) is 24.0 Å². The summed E-state index contributed by atoms with van der Waals surface area (Å²) in [6, 6.07) is 3.03. The van der Waals surface area contributed by atoms with Crippen LogP contribution in [-0.4, -0.2) is 23.2 Å². The Balaban J connectivity index is 2.14. The third kappa shape index (κ3) is 3.05. The molecule has 1 heterocycles. The molecule has 0 spiro atoms. The maximum Gasteiger partial charge on any atom is 0.216 e. The second-order valence-corrected chi connectivity index (χ2v) is 4.97. The van der Waals surface area contributed by atoms with Gasteiger partial charge in [-0.05, 0) is 38.5 Å². The summed E-state index contributed by atoms with van der Waals surface area (Å²) in [5.74, 6) is -2.49. The van der Waals surface area contributed by atoms with Crippen molar-refractivity contribution in [2.24, 2.45) is 0 Å². The average molecular weight is 307 g/mol. The Morgan fingerprint density at radius 1 is 1.18 bits per heavy atom. The summed E-state index contributed by atoms with van der Waals surface area (Å²) >= 11 is 0. The van der Waals surface area contributed by atoms with Crippen molar-refractivity contribution in [1.29, 1.82) is 0 Å². The first-order valence-electron chi connectivity index (χ1n) is 6.62. The van der Waals surface area contributed by atoms with Crippen LogP contribution in [-0.2, 0) is 0 Å². The van der Waals surface area contributed by atoms with Crippen LogP contribution >= 0.6 is 0 Å². The normalized spacial score (nSPS) is 10.6. The average Bonchev–Trinajstić information content (AvgIpc) is 2.75. The molecule has 0 aliphatic rings. The molecule has 1 aromatic heterocycles. The second-order valence-electron chi connectivity index (χ2n) is 4.97. The summed E-state index contributed by atoms with van der Waals surface area (Å²) in [5.41, 5.74) is 1.94. The molecule has 0 unspecified atom stereocenters. The number of hydrogen-bond acceptors (Lipinski definition) is 3. The number of rotatable bonds is 5. The highest BCUT2D eigenvalue weighted by Gasteiger charge is 2.20. The molecule has 1 aromatic carbocycles. The van der Waals surface area contributed by atoms with E-state index < -0.39 is 11.6 Å². The molecular formula is C16H15F2NO3. The van der Waals surface area contributed by atoms with Gasteiger partial charge < -0.3 is 9.72 Å². The third-order valence-electron chi connectivity index (χ3n) is 3.33. The zero-order valence-electron chi connectivity index (χ0n) is 12.4. The van der Waals surface area contributed by atoms with Crippen molar-refractivity contribution in [2.75, 3.05) is 6.61 Å². The molecule has 0 saturated heterocycles. The number of H-pyrrole nitrogens is 1. The minimum atomic E-state index is -1.05. The quantitative estimate of drug-likeness (QED) is 0.862. The van der Waals surface area contributed by atoms with E-state index in [1.165, 1.54) is 13.0 Å². The van der Waals surface area contributed by atoms with Crippen LogP contribution in [0.15, 0.2) is 18.2 Å². The first-order valence-corrected chi connectivity index (χ1v) is 6.62. The van der Waals surface area contributed by atoms with E-state index in [2.05, 4.69) is 4.98 Å². The van der Waals surface area contributed by atoms with Crippen LogP contribution in [0.5, 0.6) is 5.75 Å². The molecule has 0 radical (unpaired) electrons. The lowest BCUT2D eigenvalue weighted by atomic mass is 10.1. The van der Waals surface area contributed by atoms with Gasteiger partial charge in [-0.1, -0.05) is 0 Å². The highest BCUT2D eigenvalue weighted by Crippen LogP contribution is 2.20. The van der Waals surface area contributed by atoms with E-state index in [0.29, 0.717) is 16.8 Å². The topological polar surface area (TPSA) is 59.2 Å². The fourth-order valence-electron chi connectivity index (χ4n) is 2.34. The maximum atomic E-state index is 13.1. The number of aromatic amines is 1. The minimum Gasteiger partial charge on any atom is -0.485 e. The van der Waals surface area contributed by atoms with Gasteiger partial charge in [-0.2, -0.15) is 0 Å². The van der Waals surface area contributed by atoms with Crippen molar-refractivity contribution < 1.29 is 23.1 Å². The standard InChI is InChI=1S/C16H15F2NO3/c1-8-15(10(3)20)9(2)19-16(8)14(21)7-22-11-4-5-12(17)13(18)6-11/h4-6,19H,7H2,1-3H3. The summed E-state index contributed by atoms with van der Waals surface area (Å²) in [7, 11) is 0. The molecule has 116 valence electrons. The first kappa shape index (κ1) is 15.9. The third-order valence-corrected chi connectivity index (χ3v) is 3.33. The van der Waals surface area contributed by atoms with E-state index in [-0.39, 0.29) is 29.6 Å². The summed E-state index contributed by atoms with van der Waals surface area (Å²) in [5, 5.41) is 0. The molecule has 0 amide bonds. The monoisotopic (exact) mass is 307 g/mol. The predicted molar refractivity (Wildman–Crippen MR) is 76.5 cm³/mol. The Hall–Kier alpha value is -2.50. The molecule has 0 fully saturated rings. The number of aryl methyl sites for hydroxylation is 1. The smallest absolute Gasteiger partial charge is 0.216 e. The van der Waals surface area contributed by atoms with Gasteiger partial charge in [0.2, 0.25) is 5.78 Å². The number of hydrogen-bond donors (Lipinski definition) is 1. The van der Waals surface area contributed by atoms with Crippen LogP contribution in [0.2, 0.25) is 0 Å². The lowest BCUT2D eigenvalue weighted by Gasteiger charge is -2.06. The van der Waals surface area contributed by atoms with Crippen LogP contribution in [0.3, 0.4) is 0 Å². The largest absolute Gasteiger partial charge is 0.485 e. The van der Waals surface area contributed by atoms with Crippen molar-refractivity contribution in [3.63, 3.8) is 0 Å². The maximum absolute atomic E-state index is 13.1. The SMILES string of the molecule is CC(=O)c1c(C)[nH]c(C(=O)COc2ccc(F)c(F)c2)c1C. The van der Waals surface area contributed by atoms with Crippen LogP contribution in [0.1, 0.15) is 39.0 Å². The summed E-state index contributed by atoms with van der Waals surface area (Å²) in [6.07, 6.45) is 0. The van der Waals surface area contributed by atoms with E-state index in [0.717, 1.165) is 12.1 Å². The minimum absolute atomic E-state index is 0.0555. The van der Waals surface area contributed by atoms with Gasteiger partial charge in [0.05, 0.1) is 5.69 Å². The van der Waals surface area contributed by atoms with Gasteiger partial charge in [-0.15, -0.1) is 0 Å². The van der Waals surface area contributed by atoms with Crippen molar-refractivity contribution in [1.82, 2.24) is 4.98 Å². The summed E-state index contributed by atoms with van der Waals surface area (Å²) in [4.78, 5) is 26.5. The summed E-state index contributed by atoms with van der Waals surface area (Å²) in [6.45, 7) is 4.46. The van der Waals surface area contributed by atoms with E-state index in [1.54, 1.807) is 13.8 Å². The number of carbonyl (C=O) groups excluding carboxylic acids is 2. The van der Waals surface area contributed by atoms with Crippen molar-refractivity contribution in [3.05, 3.63) is 52.3 Å². The van der Waals surface area contributed by atoms with E-state index in [4.69, 9.17) is 4.74 Å². The van der Waals surface area contributed by atoms with Crippen LogP contribution in [0.25, 0.3) is 0 Å². The van der Waals surface area contributed by atoms with Crippen LogP contribution < -0.4 is 4.74 Å². The van der Waals surface area contributed by atoms with Crippen molar-refractivity contribution in [2.45, 2.75) is 20.8 Å². The van der Waals surface area contributed by atoms with E-state index in [9.17, 15) is 18.4 Å². The zero-order valence-corrected chi connectivity index (χ0v) is 12.4. The number of carbonyl (C=O) groups is 2. The van der Waals surface area contributed by atoms with Crippen molar-refractivity contribution in [3.8, 4) is 5.75 Å². The molecule has 1 N–H and O–H groups in total. The Morgan fingerprint density at radius 2 is 1.86 bits per heavy atom. The Morgan fingerprint density at radius 3 is 2.41 bits per heavy atom. The van der Waals surface area contributed by atoms with Gasteiger partial charge in [-0.3, -0.25) is 9.59 Å². The zero-order chi connectivity index (χ0) is 16.4. The lowest BCUT2D eigenvalue weighted by Crippen LogP contribution is -2.13. The van der Waals surface area contributed by atoms with Gasteiger partial charge in [0.1, 0.15) is 5.75 Å². The molecule has 2 rings (SSSR count). The number of aromatic nitrogens is 1. The first-order chi connectivity index (χ1) is 10.3. The number of benzene rings is 1. The Bertz CT molecular complexity index is 750. The number of Topliss-reactive ketones (excluding diaryl/α,β-unsaturated/α-hetero) is 2. The van der Waals surface area contributed by atoms with Gasteiger partial charge >= 0.3 is 0 Å². The lowest BCUT2D eigenvalue weighted by molar-refractivity contribution is 0.0916. The highest BCUT2D eigenvalue weighted by molar-refractivity contribution is 6.03.